The van der Waals surface area contributed by atoms with Crippen molar-refractivity contribution in [3.8, 4) is 0 Å². The van der Waals surface area contributed by atoms with Crippen LogP contribution in [-0.4, -0.2) is 44.2 Å². The van der Waals surface area contributed by atoms with Gasteiger partial charge in [0.25, 0.3) is 0 Å². The molecule has 0 bridgehead atoms. The summed E-state index contributed by atoms with van der Waals surface area (Å²) in [5.41, 5.74) is 2.47. The fourth-order valence-corrected chi connectivity index (χ4v) is 3.61. The van der Waals surface area contributed by atoms with Gasteiger partial charge in [-0.1, -0.05) is 24.6 Å². The van der Waals surface area contributed by atoms with Crippen molar-refractivity contribution in [3.63, 3.8) is 0 Å². The molecular weight excluding hydrogens is 282 g/mol. The molecule has 1 N–H and O–H groups in total. The topological polar surface area (TPSA) is 18.5 Å². The number of halogens is 1. The Morgan fingerprint density at radius 3 is 2.62 bits per heavy atom. The molecule has 0 aromatic heterocycles. The number of hydrogen-bond donors (Lipinski definition) is 1. The third-order valence-electron chi connectivity index (χ3n) is 4.76. The Balaban J connectivity index is 1.67. The molecule has 116 valence electrons. The van der Waals surface area contributed by atoms with Crippen LogP contribution >= 0.6 is 11.6 Å². The van der Waals surface area contributed by atoms with Gasteiger partial charge in [0, 0.05) is 31.7 Å². The number of anilines is 1. The lowest BCUT2D eigenvalue weighted by atomic mass is 10.1. The summed E-state index contributed by atoms with van der Waals surface area (Å²) in [5.74, 6) is 0.673. The van der Waals surface area contributed by atoms with E-state index < -0.39 is 0 Å². The predicted octanol–water partition coefficient (Wildman–Crippen LogP) is 2.98. The molecule has 3 nitrogen and oxygen atoms in total. The van der Waals surface area contributed by atoms with Gasteiger partial charge in [0.15, 0.2) is 0 Å². The van der Waals surface area contributed by atoms with Crippen LogP contribution in [0.4, 0.5) is 5.69 Å². The number of hydrogen-bond acceptors (Lipinski definition) is 3. The maximum atomic E-state index is 6.53. The average molecular weight is 308 g/mol. The van der Waals surface area contributed by atoms with E-state index in [0.29, 0.717) is 12.0 Å². The number of rotatable bonds is 5. The van der Waals surface area contributed by atoms with E-state index in [9.17, 15) is 0 Å². The summed E-state index contributed by atoms with van der Waals surface area (Å²) >= 11 is 6.53. The third kappa shape index (κ3) is 3.53. The molecule has 1 heterocycles. The van der Waals surface area contributed by atoms with Crippen LogP contribution in [0, 0.1) is 5.92 Å². The number of likely N-dealkylation sites (N-methyl/N-ethyl adjacent to an activating group) is 1. The van der Waals surface area contributed by atoms with E-state index in [1.165, 1.54) is 24.1 Å². The summed E-state index contributed by atoms with van der Waals surface area (Å²) in [4.78, 5) is 4.75. The predicted molar refractivity (Wildman–Crippen MR) is 90.2 cm³/mol. The molecule has 1 aromatic rings. The van der Waals surface area contributed by atoms with Gasteiger partial charge < -0.3 is 15.1 Å². The van der Waals surface area contributed by atoms with Gasteiger partial charge in [-0.25, -0.2) is 0 Å². The number of nitrogens with zero attached hydrogens (tertiary/aromatic N) is 2. The van der Waals surface area contributed by atoms with Gasteiger partial charge in [0.05, 0.1) is 10.7 Å². The van der Waals surface area contributed by atoms with Crippen molar-refractivity contribution >= 4 is 17.3 Å². The molecule has 1 aromatic carbocycles. The van der Waals surface area contributed by atoms with Crippen LogP contribution in [-0.2, 0) is 6.54 Å². The van der Waals surface area contributed by atoms with Crippen LogP contribution in [0.3, 0.4) is 0 Å². The van der Waals surface area contributed by atoms with E-state index in [1.54, 1.807) is 0 Å². The average Bonchev–Trinajstić information content (AvgIpc) is 3.18. The summed E-state index contributed by atoms with van der Waals surface area (Å²) in [6.45, 7) is 5.41. The van der Waals surface area contributed by atoms with Gasteiger partial charge in [-0.15, -0.1) is 0 Å². The van der Waals surface area contributed by atoms with Crippen molar-refractivity contribution in [1.29, 1.82) is 0 Å². The molecule has 21 heavy (non-hydrogen) atoms. The van der Waals surface area contributed by atoms with Crippen LogP contribution < -0.4 is 10.2 Å². The monoisotopic (exact) mass is 307 g/mol. The highest BCUT2D eigenvalue weighted by Crippen LogP contribution is 2.32. The summed E-state index contributed by atoms with van der Waals surface area (Å²) in [5, 5.41) is 4.43. The lowest BCUT2D eigenvalue weighted by Gasteiger charge is -2.23. The van der Waals surface area contributed by atoms with Crippen molar-refractivity contribution in [3.05, 3.63) is 28.8 Å². The Hall–Kier alpha value is -0.770. The molecule has 0 radical (unpaired) electrons. The van der Waals surface area contributed by atoms with Crippen LogP contribution in [0.1, 0.15) is 25.3 Å². The fraction of sp³-hybridized carbons (Fsp3) is 0.647. The molecule has 2 atom stereocenters. The first-order valence-electron chi connectivity index (χ1n) is 7.98. The Bertz CT molecular complexity index is 499. The molecule has 1 aliphatic carbocycles. The summed E-state index contributed by atoms with van der Waals surface area (Å²) in [6.07, 6.45) is 2.65. The van der Waals surface area contributed by atoms with Crippen LogP contribution in [0.2, 0.25) is 5.02 Å². The molecule has 3 rings (SSSR count). The number of benzene rings is 1. The van der Waals surface area contributed by atoms with Crippen molar-refractivity contribution in [1.82, 2.24) is 10.2 Å². The van der Waals surface area contributed by atoms with E-state index in [1.807, 2.05) is 0 Å². The lowest BCUT2D eigenvalue weighted by Crippen LogP contribution is -2.34. The number of nitrogens with one attached hydrogen (secondary N) is 1. The van der Waals surface area contributed by atoms with Gasteiger partial charge >= 0.3 is 0 Å². The largest absolute Gasteiger partial charge is 0.368 e. The zero-order valence-corrected chi connectivity index (χ0v) is 14.0. The fourth-order valence-electron chi connectivity index (χ4n) is 3.29. The van der Waals surface area contributed by atoms with Gasteiger partial charge in [-0.3, -0.25) is 0 Å². The highest BCUT2D eigenvalue weighted by atomic mass is 35.5. The van der Waals surface area contributed by atoms with Crippen molar-refractivity contribution in [2.24, 2.45) is 5.92 Å². The first kappa shape index (κ1) is 15.1. The molecule has 1 saturated heterocycles. The van der Waals surface area contributed by atoms with Crippen molar-refractivity contribution in [2.75, 3.05) is 32.1 Å². The first-order valence-corrected chi connectivity index (χ1v) is 8.35. The smallest absolute Gasteiger partial charge is 0.0642 e. The molecule has 2 fully saturated rings. The first-order chi connectivity index (χ1) is 10.0. The zero-order chi connectivity index (χ0) is 15.0. The minimum Gasteiger partial charge on any atom is -0.368 e. The zero-order valence-electron chi connectivity index (χ0n) is 13.3. The van der Waals surface area contributed by atoms with Crippen molar-refractivity contribution < 1.29 is 0 Å². The highest BCUT2D eigenvalue weighted by Gasteiger charge is 2.31. The van der Waals surface area contributed by atoms with E-state index >= 15 is 0 Å². The summed E-state index contributed by atoms with van der Waals surface area (Å²) in [7, 11) is 4.33. The Kier molecular flexibility index (Phi) is 4.43. The minimum atomic E-state index is 0.609. The molecule has 1 aliphatic heterocycles. The molecular formula is C17H26ClN3. The SMILES string of the molecule is CC1CN(c2ccc(CNC3CC3)cc2Cl)CC1N(C)C. The highest BCUT2D eigenvalue weighted by molar-refractivity contribution is 6.33. The van der Waals surface area contributed by atoms with Gasteiger partial charge in [-0.2, -0.15) is 0 Å². The maximum absolute atomic E-state index is 6.53. The maximum Gasteiger partial charge on any atom is 0.0642 e. The van der Waals surface area contributed by atoms with Crippen LogP contribution in [0.5, 0.6) is 0 Å². The summed E-state index contributed by atoms with van der Waals surface area (Å²) < 4.78 is 0. The molecule has 2 unspecified atom stereocenters. The second-order valence-corrected chi connectivity index (χ2v) is 7.26. The van der Waals surface area contributed by atoms with E-state index in [0.717, 1.165) is 30.7 Å². The van der Waals surface area contributed by atoms with Gasteiger partial charge in [0.2, 0.25) is 0 Å². The lowest BCUT2D eigenvalue weighted by molar-refractivity contribution is 0.266. The normalized spacial score (nSPS) is 25.9. The van der Waals surface area contributed by atoms with Crippen molar-refractivity contribution in [2.45, 2.75) is 38.4 Å². The Labute approximate surface area is 133 Å². The molecule has 0 spiro atoms. The van der Waals surface area contributed by atoms with E-state index in [-0.39, 0.29) is 0 Å². The third-order valence-corrected chi connectivity index (χ3v) is 5.06. The van der Waals surface area contributed by atoms with Gasteiger partial charge in [-0.05, 0) is 50.6 Å². The minimum absolute atomic E-state index is 0.609. The second kappa shape index (κ2) is 6.15. The Morgan fingerprint density at radius 1 is 1.29 bits per heavy atom. The van der Waals surface area contributed by atoms with E-state index in [2.05, 4.69) is 54.3 Å². The standard InChI is InChI=1S/C17H26ClN3/c1-12-10-21(11-17(12)20(2)3)16-7-4-13(8-15(16)18)9-19-14-5-6-14/h4,7-8,12,14,17,19H,5-6,9-11H2,1-3H3. The summed E-state index contributed by atoms with van der Waals surface area (Å²) in [6, 6.07) is 7.88. The molecule has 0 amide bonds. The quantitative estimate of drug-likeness (QED) is 0.902. The second-order valence-electron chi connectivity index (χ2n) is 6.85. The molecule has 4 heteroatoms. The Morgan fingerprint density at radius 2 is 2.05 bits per heavy atom. The van der Waals surface area contributed by atoms with Crippen LogP contribution in [0.25, 0.3) is 0 Å². The molecule has 2 aliphatic rings. The van der Waals surface area contributed by atoms with E-state index in [4.69, 9.17) is 11.6 Å². The van der Waals surface area contributed by atoms with Gasteiger partial charge in [0.1, 0.15) is 0 Å². The van der Waals surface area contributed by atoms with Crippen LogP contribution in [0.15, 0.2) is 18.2 Å². The molecule has 1 saturated carbocycles.